The number of H-pyrrole nitrogens is 2. The van der Waals surface area contributed by atoms with E-state index in [-0.39, 0.29) is 31.3 Å². The molecule has 0 radical (unpaired) electrons. The van der Waals surface area contributed by atoms with E-state index in [1.54, 1.807) is 4.90 Å². The molecule has 1 unspecified atom stereocenters. The molecule has 4 aromatic rings. The fraction of sp³-hybridized carbons (Fsp3) is 0.310. The first kappa shape index (κ1) is 25.7. The minimum Gasteiger partial charge on any atom is -0.355 e. The molecule has 3 amide bonds. The Balaban J connectivity index is 1.01. The lowest BCUT2D eigenvalue weighted by Gasteiger charge is -2.31. The number of amides is 3. The van der Waals surface area contributed by atoms with Gasteiger partial charge in [-0.2, -0.15) is 5.10 Å². The average Bonchev–Trinajstić information content (AvgIpc) is 3.66. The van der Waals surface area contributed by atoms with Gasteiger partial charge in [-0.3, -0.25) is 19.5 Å². The van der Waals surface area contributed by atoms with Crippen LogP contribution < -0.4 is 5.32 Å². The molecular formula is C29H28F2N6O3. The van der Waals surface area contributed by atoms with E-state index >= 15 is 0 Å². The van der Waals surface area contributed by atoms with Gasteiger partial charge < -0.3 is 20.1 Å². The zero-order valence-corrected chi connectivity index (χ0v) is 21.7. The van der Waals surface area contributed by atoms with E-state index in [0.717, 1.165) is 45.7 Å². The second kappa shape index (κ2) is 10.6. The Bertz CT molecular complexity index is 1580. The Hall–Kier alpha value is -4.54. The van der Waals surface area contributed by atoms with Gasteiger partial charge in [-0.05, 0) is 42.7 Å². The topological polar surface area (TPSA) is 114 Å². The van der Waals surface area contributed by atoms with Crippen molar-refractivity contribution in [2.45, 2.75) is 38.9 Å². The van der Waals surface area contributed by atoms with Crippen molar-refractivity contribution in [1.29, 1.82) is 0 Å². The molecule has 0 bridgehead atoms. The molecule has 4 heterocycles. The second-order valence-corrected chi connectivity index (χ2v) is 10.3. The van der Waals surface area contributed by atoms with Gasteiger partial charge in [0.1, 0.15) is 11.6 Å². The Morgan fingerprint density at radius 3 is 2.75 bits per heavy atom. The molecule has 2 aliphatic heterocycles. The van der Waals surface area contributed by atoms with Crippen molar-refractivity contribution in [2.75, 3.05) is 13.1 Å². The van der Waals surface area contributed by atoms with Crippen molar-refractivity contribution < 1.29 is 23.2 Å². The number of fused-ring (bicyclic) bond motifs is 2. The van der Waals surface area contributed by atoms with Crippen LogP contribution >= 0.6 is 0 Å². The van der Waals surface area contributed by atoms with E-state index in [4.69, 9.17) is 0 Å². The number of rotatable bonds is 7. The molecule has 1 saturated heterocycles. The van der Waals surface area contributed by atoms with Gasteiger partial charge >= 0.3 is 0 Å². The molecule has 11 heteroatoms. The molecule has 0 aliphatic carbocycles. The predicted octanol–water partition coefficient (Wildman–Crippen LogP) is 3.62. The van der Waals surface area contributed by atoms with Gasteiger partial charge in [-0.25, -0.2) is 8.78 Å². The summed E-state index contributed by atoms with van der Waals surface area (Å²) in [5.74, 6) is -3.68. The van der Waals surface area contributed by atoms with Crippen LogP contribution in [0.15, 0.2) is 48.5 Å². The number of carbonyl (C=O) groups excluding carboxylic acids is 3. The maximum Gasteiger partial charge on any atom is 0.235 e. The van der Waals surface area contributed by atoms with Gasteiger partial charge in [0.2, 0.25) is 17.7 Å². The van der Waals surface area contributed by atoms with Crippen LogP contribution in [0.4, 0.5) is 8.78 Å². The number of carbonyl (C=O) groups is 3. The highest BCUT2D eigenvalue weighted by Crippen LogP contribution is 2.32. The van der Waals surface area contributed by atoms with Crippen molar-refractivity contribution in [2.24, 2.45) is 5.92 Å². The molecule has 2 aromatic heterocycles. The normalized spacial score (nSPS) is 16.9. The van der Waals surface area contributed by atoms with Crippen molar-refractivity contribution in [3.63, 3.8) is 0 Å². The predicted molar refractivity (Wildman–Crippen MR) is 142 cm³/mol. The monoisotopic (exact) mass is 546 g/mol. The van der Waals surface area contributed by atoms with Crippen LogP contribution in [0.25, 0.3) is 22.3 Å². The number of benzene rings is 2. The highest BCUT2D eigenvalue weighted by atomic mass is 19.2. The summed E-state index contributed by atoms with van der Waals surface area (Å²) in [6.45, 7) is 1.48. The van der Waals surface area contributed by atoms with Crippen LogP contribution in [-0.4, -0.2) is 55.8 Å². The lowest BCUT2D eigenvalue weighted by molar-refractivity contribution is -0.145. The third-order valence-corrected chi connectivity index (χ3v) is 7.63. The zero-order chi connectivity index (χ0) is 27.8. The number of nitrogens with zero attached hydrogens (tertiary/aromatic N) is 3. The number of aromatic amines is 2. The summed E-state index contributed by atoms with van der Waals surface area (Å²) in [5.41, 5.74) is 5.00. The minimum atomic E-state index is -0.975. The maximum atomic E-state index is 13.6. The average molecular weight is 547 g/mol. The number of hydrogen-bond acceptors (Lipinski definition) is 4. The van der Waals surface area contributed by atoms with E-state index in [1.165, 1.54) is 11.0 Å². The minimum absolute atomic E-state index is 0.1000. The highest BCUT2D eigenvalue weighted by molar-refractivity contribution is 6.00. The number of hydrogen-bond donors (Lipinski definition) is 3. The van der Waals surface area contributed by atoms with E-state index in [1.807, 2.05) is 30.3 Å². The van der Waals surface area contributed by atoms with Crippen molar-refractivity contribution >= 4 is 28.6 Å². The molecule has 3 N–H and O–H groups in total. The van der Waals surface area contributed by atoms with E-state index in [2.05, 4.69) is 20.5 Å². The summed E-state index contributed by atoms with van der Waals surface area (Å²) in [7, 11) is 0. The van der Waals surface area contributed by atoms with Crippen LogP contribution in [0.2, 0.25) is 0 Å². The smallest absolute Gasteiger partial charge is 0.235 e. The van der Waals surface area contributed by atoms with E-state index < -0.39 is 23.5 Å². The summed E-state index contributed by atoms with van der Waals surface area (Å²) >= 11 is 0. The van der Waals surface area contributed by atoms with Crippen LogP contribution in [0, 0.1) is 17.6 Å². The molecular weight excluding hydrogens is 518 g/mol. The van der Waals surface area contributed by atoms with Gasteiger partial charge in [0.05, 0.1) is 24.5 Å². The molecule has 0 spiro atoms. The van der Waals surface area contributed by atoms with Crippen LogP contribution in [0.5, 0.6) is 0 Å². The SMILES string of the molecule is O=C(NCCC(=O)N1Cc2[nH]nc(-c3cc4ccccc4[nH]3)c2C1)C1CCCN(Cc2ccc(F)c(F)c2)C1=O. The van der Waals surface area contributed by atoms with Gasteiger partial charge in [-0.1, -0.05) is 24.3 Å². The Morgan fingerprint density at radius 1 is 1.07 bits per heavy atom. The third kappa shape index (κ3) is 4.94. The summed E-state index contributed by atoms with van der Waals surface area (Å²) in [6, 6.07) is 13.5. The summed E-state index contributed by atoms with van der Waals surface area (Å²) in [5, 5.41) is 11.3. The van der Waals surface area contributed by atoms with Crippen LogP contribution in [0.1, 0.15) is 36.1 Å². The Kier molecular flexibility index (Phi) is 6.79. The molecule has 206 valence electrons. The van der Waals surface area contributed by atoms with Crippen LogP contribution in [-0.2, 0) is 34.0 Å². The number of likely N-dealkylation sites (tertiary alicyclic amines) is 1. The highest BCUT2D eigenvalue weighted by Gasteiger charge is 2.34. The Morgan fingerprint density at radius 2 is 1.93 bits per heavy atom. The number of aromatic nitrogens is 3. The first-order chi connectivity index (χ1) is 19.4. The van der Waals surface area contributed by atoms with Gasteiger partial charge in [0.15, 0.2) is 11.6 Å². The third-order valence-electron chi connectivity index (χ3n) is 7.63. The summed E-state index contributed by atoms with van der Waals surface area (Å²) in [6.07, 6.45) is 1.12. The zero-order valence-electron chi connectivity index (χ0n) is 21.7. The fourth-order valence-electron chi connectivity index (χ4n) is 5.51. The maximum absolute atomic E-state index is 13.6. The van der Waals surface area contributed by atoms with Gasteiger partial charge in [-0.15, -0.1) is 0 Å². The molecule has 0 saturated carbocycles. The molecule has 9 nitrogen and oxygen atoms in total. The summed E-state index contributed by atoms with van der Waals surface area (Å²) in [4.78, 5) is 45.3. The molecule has 1 fully saturated rings. The molecule has 6 rings (SSSR count). The lowest BCUT2D eigenvalue weighted by atomic mass is 9.95. The van der Waals surface area contributed by atoms with Gasteiger partial charge in [0.25, 0.3) is 0 Å². The number of nitrogens with one attached hydrogen (secondary N) is 3. The second-order valence-electron chi connectivity index (χ2n) is 10.3. The first-order valence-electron chi connectivity index (χ1n) is 13.3. The van der Waals surface area contributed by atoms with Crippen molar-refractivity contribution in [3.8, 4) is 11.4 Å². The number of halogens is 2. The molecule has 1 atom stereocenters. The Labute approximate surface area is 228 Å². The van der Waals surface area contributed by atoms with E-state index in [9.17, 15) is 23.2 Å². The number of para-hydroxylation sites is 1. The van der Waals surface area contributed by atoms with Crippen molar-refractivity contribution in [3.05, 3.63) is 77.0 Å². The first-order valence-corrected chi connectivity index (χ1v) is 13.3. The fourth-order valence-corrected chi connectivity index (χ4v) is 5.51. The quantitative estimate of drug-likeness (QED) is 0.307. The molecule has 40 heavy (non-hydrogen) atoms. The van der Waals surface area contributed by atoms with Crippen LogP contribution in [0.3, 0.4) is 0 Å². The van der Waals surface area contributed by atoms with E-state index in [0.29, 0.717) is 38.0 Å². The largest absolute Gasteiger partial charge is 0.355 e. The van der Waals surface area contributed by atoms with Gasteiger partial charge in [0, 0.05) is 42.5 Å². The number of piperidine rings is 1. The lowest BCUT2D eigenvalue weighted by Crippen LogP contribution is -2.47. The molecule has 2 aliphatic rings. The molecule has 2 aromatic carbocycles. The standard InChI is InChI=1S/C29H28F2N6O3/c30-21-8-7-17(12-22(21)31)14-36-11-3-5-19(29(36)40)28(39)32-10-9-26(38)37-15-20-25(16-37)34-35-27(20)24-13-18-4-1-2-6-23(18)33-24/h1-2,4,6-8,12-13,19,33H,3,5,9-11,14-16H2,(H,32,39)(H,34,35). The van der Waals surface area contributed by atoms with Crippen molar-refractivity contribution in [1.82, 2.24) is 30.3 Å². The summed E-state index contributed by atoms with van der Waals surface area (Å²) < 4.78 is 26.8.